The summed E-state index contributed by atoms with van der Waals surface area (Å²) in [6.07, 6.45) is 6.66. The van der Waals surface area contributed by atoms with E-state index >= 15 is 0 Å². The first-order valence-electron chi connectivity index (χ1n) is 13.5. The summed E-state index contributed by atoms with van der Waals surface area (Å²) in [7, 11) is 0. The monoisotopic (exact) mass is 512 g/mol. The number of fused-ring (bicyclic) bond motifs is 5. The van der Waals surface area contributed by atoms with E-state index in [0.29, 0.717) is 26.0 Å². The minimum Gasteiger partial charge on any atom is -0.457 e. The zero-order valence-corrected chi connectivity index (χ0v) is 21.6. The van der Waals surface area contributed by atoms with Crippen LogP contribution in [0.25, 0.3) is 0 Å². The van der Waals surface area contributed by atoms with Crippen LogP contribution in [0.1, 0.15) is 54.5 Å². The standard InChI is InChI=1S/C32H36N2O4/c35-30-22-33-28-21-31(26-17-16-25(20-27(26)28)38-24-13-7-4-8-14-24)37-18-10-2-1-9-15-32(36)34-29(30)19-23-11-5-3-6-12-23/h2-8,10-14,16-17,20,28-31,33,35H,1,9,15,18-19,21-22H2,(H,34,36)/t28?,29-,30+,31?/m0/s1. The number of hydrogen-bond acceptors (Lipinski definition) is 5. The van der Waals surface area contributed by atoms with Crippen molar-refractivity contribution in [2.75, 3.05) is 13.2 Å². The van der Waals surface area contributed by atoms with Gasteiger partial charge < -0.3 is 25.2 Å². The molecule has 3 aromatic rings. The Morgan fingerprint density at radius 2 is 1.71 bits per heavy atom. The predicted octanol–water partition coefficient (Wildman–Crippen LogP) is 5.40. The number of aliphatic hydroxyl groups excluding tert-OH is 1. The Balaban J connectivity index is 1.36. The molecule has 6 heteroatoms. The van der Waals surface area contributed by atoms with Crippen molar-refractivity contribution in [1.82, 2.24) is 10.6 Å². The lowest BCUT2D eigenvalue weighted by molar-refractivity contribution is -0.122. The second kappa shape index (κ2) is 12.9. The summed E-state index contributed by atoms with van der Waals surface area (Å²) in [5.74, 6) is 1.52. The first-order chi connectivity index (χ1) is 18.7. The summed E-state index contributed by atoms with van der Waals surface area (Å²) in [6.45, 7) is 0.866. The fourth-order valence-corrected chi connectivity index (χ4v) is 5.23. The lowest BCUT2D eigenvalue weighted by Gasteiger charge is -2.26. The van der Waals surface area contributed by atoms with E-state index in [-0.39, 0.29) is 24.1 Å². The summed E-state index contributed by atoms with van der Waals surface area (Å²) in [4.78, 5) is 12.7. The number of β-amino-alcohol motifs (C(OH)–C–C–N with tert-alkyl or cyclic N) is 1. The SMILES string of the molecule is O=C1CCCC=CCOC2CC(NC[C@@H](O)[C@H](Cc3ccccc3)N1)c1cc(Oc3ccccc3)ccc12. The molecule has 6 nitrogen and oxygen atoms in total. The van der Waals surface area contributed by atoms with Gasteiger partial charge in [-0.05, 0) is 66.6 Å². The Morgan fingerprint density at radius 1 is 0.921 bits per heavy atom. The molecule has 2 unspecified atom stereocenters. The van der Waals surface area contributed by atoms with Gasteiger partial charge in [0.2, 0.25) is 5.91 Å². The van der Waals surface area contributed by atoms with Crippen LogP contribution in [0.5, 0.6) is 11.5 Å². The van der Waals surface area contributed by atoms with E-state index in [1.54, 1.807) is 0 Å². The van der Waals surface area contributed by atoms with Crippen LogP contribution in [0.4, 0.5) is 0 Å². The normalized spacial score (nSPS) is 24.4. The molecule has 1 heterocycles. The maximum atomic E-state index is 12.7. The smallest absolute Gasteiger partial charge is 0.220 e. The molecule has 2 bridgehead atoms. The van der Waals surface area contributed by atoms with Crippen LogP contribution in [-0.2, 0) is 16.0 Å². The highest BCUT2D eigenvalue weighted by Gasteiger charge is 2.33. The molecule has 1 aliphatic carbocycles. The summed E-state index contributed by atoms with van der Waals surface area (Å²) < 4.78 is 12.4. The average molecular weight is 513 g/mol. The molecule has 0 saturated carbocycles. The summed E-state index contributed by atoms with van der Waals surface area (Å²) in [5, 5.41) is 17.9. The van der Waals surface area contributed by atoms with Crippen LogP contribution in [0.2, 0.25) is 0 Å². The van der Waals surface area contributed by atoms with Crippen molar-refractivity contribution in [3.8, 4) is 11.5 Å². The van der Waals surface area contributed by atoms with Crippen molar-refractivity contribution < 1.29 is 19.4 Å². The van der Waals surface area contributed by atoms with E-state index < -0.39 is 6.10 Å². The Labute approximate surface area is 224 Å². The number of carbonyl (C=O) groups excluding carboxylic acids is 1. The number of rotatable bonds is 4. The zero-order valence-electron chi connectivity index (χ0n) is 21.6. The van der Waals surface area contributed by atoms with E-state index in [0.717, 1.165) is 47.5 Å². The number of amides is 1. The number of benzene rings is 3. The molecule has 0 radical (unpaired) electrons. The lowest BCUT2D eigenvalue weighted by Crippen LogP contribution is -2.49. The predicted molar refractivity (Wildman–Crippen MR) is 148 cm³/mol. The lowest BCUT2D eigenvalue weighted by atomic mass is 10.00. The third-order valence-corrected chi connectivity index (χ3v) is 7.23. The molecule has 38 heavy (non-hydrogen) atoms. The van der Waals surface area contributed by atoms with Crippen LogP contribution >= 0.6 is 0 Å². The van der Waals surface area contributed by atoms with Gasteiger partial charge in [-0.1, -0.05) is 66.7 Å². The van der Waals surface area contributed by atoms with Crippen molar-refractivity contribution >= 4 is 5.91 Å². The van der Waals surface area contributed by atoms with Crippen molar-refractivity contribution in [1.29, 1.82) is 0 Å². The topological polar surface area (TPSA) is 79.8 Å². The molecule has 1 aliphatic heterocycles. The zero-order chi connectivity index (χ0) is 26.2. The molecule has 3 aromatic carbocycles. The third kappa shape index (κ3) is 6.90. The maximum absolute atomic E-state index is 12.7. The molecular weight excluding hydrogens is 476 g/mol. The van der Waals surface area contributed by atoms with Crippen LogP contribution in [0.3, 0.4) is 0 Å². The fraction of sp³-hybridized carbons (Fsp3) is 0.344. The van der Waals surface area contributed by atoms with Gasteiger partial charge in [0, 0.05) is 19.0 Å². The number of aliphatic hydroxyl groups is 1. The largest absolute Gasteiger partial charge is 0.457 e. The Hall–Kier alpha value is -3.45. The van der Waals surface area contributed by atoms with Crippen LogP contribution in [0, 0.1) is 0 Å². The second-order valence-corrected chi connectivity index (χ2v) is 10.0. The number of carbonyl (C=O) groups is 1. The fourth-order valence-electron chi connectivity index (χ4n) is 5.23. The molecule has 0 spiro atoms. The molecule has 3 N–H and O–H groups in total. The van der Waals surface area contributed by atoms with Gasteiger partial charge in [0.25, 0.3) is 0 Å². The van der Waals surface area contributed by atoms with Gasteiger partial charge in [-0.25, -0.2) is 0 Å². The first-order valence-corrected chi connectivity index (χ1v) is 13.5. The summed E-state index contributed by atoms with van der Waals surface area (Å²) in [5.41, 5.74) is 3.34. The van der Waals surface area contributed by atoms with Gasteiger partial charge in [-0.15, -0.1) is 0 Å². The molecule has 5 rings (SSSR count). The van der Waals surface area contributed by atoms with Gasteiger partial charge in [0.05, 0.1) is 24.9 Å². The van der Waals surface area contributed by atoms with Crippen molar-refractivity contribution in [2.24, 2.45) is 0 Å². The molecule has 2 aliphatic rings. The van der Waals surface area contributed by atoms with E-state index in [2.05, 4.69) is 28.8 Å². The van der Waals surface area contributed by atoms with E-state index in [4.69, 9.17) is 9.47 Å². The number of ether oxygens (including phenoxy) is 2. The summed E-state index contributed by atoms with van der Waals surface area (Å²) in [6, 6.07) is 25.5. The van der Waals surface area contributed by atoms with E-state index in [9.17, 15) is 9.90 Å². The quantitative estimate of drug-likeness (QED) is 0.408. The van der Waals surface area contributed by atoms with Crippen molar-refractivity contribution in [3.63, 3.8) is 0 Å². The highest BCUT2D eigenvalue weighted by atomic mass is 16.5. The van der Waals surface area contributed by atoms with Crippen LogP contribution < -0.4 is 15.4 Å². The molecule has 0 fully saturated rings. The summed E-state index contributed by atoms with van der Waals surface area (Å²) >= 11 is 0. The van der Waals surface area contributed by atoms with E-state index in [1.807, 2.05) is 72.8 Å². The first kappa shape index (κ1) is 26.2. The highest BCUT2D eigenvalue weighted by molar-refractivity contribution is 5.76. The van der Waals surface area contributed by atoms with Crippen molar-refractivity contribution in [2.45, 2.75) is 56.4 Å². The van der Waals surface area contributed by atoms with Gasteiger partial charge in [-0.2, -0.15) is 0 Å². The number of allylic oxidation sites excluding steroid dienone is 1. The highest BCUT2D eigenvalue weighted by Crippen LogP contribution is 2.43. The maximum Gasteiger partial charge on any atom is 0.220 e. The van der Waals surface area contributed by atoms with Crippen LogP contribution in [0.15, 0.2) is 91.0 Å². The molecule has 0 aromatic heterocycles. The molecule has 1 amide bonds. The number of nitrogens with one attached hydrogen (secondary N) is 2. The van der Waals surface area contributed by atoms with E-state index in [1.165, 1.54) is 0 Å². The van der Waals surface area contributed by atoms with Gasteiger partial charge in [0.15, 0.2) is 0 Å². The minimum atomic E-state index is -0.751. The Bertz CT molecular complexity index is 1210. The third-order valence-electron chi connectivity index (χ3n) is 7.23. The molecule has 0 saturated heterocycles. The minimum absolute atomic E-state index is 0.00562. The van der Waals surface area contributed by atoms with Crippen molar-refractivity contribution in [3.05, 3.63) is 108 Å². The second-order valence-electron chi connectivity index (χ2n) is 10.0. The number of para-hydroxylation sites is 1. The molecular formula is C32H36N2O4. The molecule has 4 atom stereocenters. The van der Waals surface area contributed by atoms with Gasteiger partial charge in [-0.3, -0.25) is 4.79 Å². The Kier molecular flexibility index (Phi) is 8.86. The number of hydrogen-bond donors (Lipinski definition) is 3. The Morgan fingerprint density at radius 3 is 2.53 bits per heavy atom. The molecule has 198 valence electrons. The van der Waals surface area contributed by atoms with Gasteiger partial charge in [0.1, 0.15) is 11.5 Å². The van der Waals surface area contributed by atoms with Crippen LogP contribution in [-0.4, -0.2) is 36.3 Å². The van der Waals surface area contributed by atoms with Gasteiger partial charge >= 0.3 is 0 Å². The average Bonchev–Trinajstić information content (AvgIpc) is 3.28.